The van der Waals surface area contributed by atoms with Crippen molar-refractivity contribution in [3.63, 3.8) is 0 Å². The van der Waals surface area contributed by atoms with Crippen molar-refractivity contribution in [2.45, 2.75) is 23.3 Å². The Labute approximate surface area is 121 Å². The number of nitrogens with zero attached hydrogens (tertiary/aromatic N) is 2. The number of ether oxygens (including phenoxy) is 2. The summed E-state index contributed by atoms with van der Waals surface area (Å²) in [6.07, 6.45) is 2.63. The molecule has 0 spiro atoms. The first-order valence-corrected chi connectivity index (χ1v) is 7.20. The summed E-state index contributed by atoms with van der Waals surface area (Å²) in [5, 5.41) is 0.854. The molecule has 1 aromatic heterocycles. The average Bonchev–Trinajstić information content (AvgIpc) is 2.67. The topological polar surface area (TPSA) is 70.3 Å². The number of hydrogen-bond acceptors (Lipinski definition) is 6. The Morgan fingerprint density at radius 2 is 2.00 bits per heavy atom. The predicted octanol–water partition coefficient (Wildman–Crippen LogP) is 2.68. The van der Waals surface area contributed by atoms with Gasteiger partial charge in [0.05, 0.1) is 13.2 Å². The Hall–Kier alpha value is -1.95. The summed E-state index contributed by atoms with van der Waals surface area (Å²) in [7, 11) is 0. The molecule has 2 heterocycles. The third-order valence-corrected chi connectivity index (χ3v) is 3.97. The first kappa shape index (κ1) is 13.1. The van der Waals surface area contributed by atoms with Gasteiger partial charge in [-0.25, -0.2) is 9.97 Å². The molecule has 0 unspecified atom stereocenters. The molecule has 0 fully saturated rings. The van der Waals surface area contributed by atoms with Crippen LogP contribution >= 0.6 is 11.8 Å². The molecule has 0 amide bonds. The molecule has 2 N–H and O–H groups in total. The molecular formula is C14H15N3O2S. The first-order chi connectivity index (χ1) is 9.72. The Balaban J connectivity index is 1.87. The maximum absolute atomic E-state index is 5.68. The fraction of sp³-hybridized carbons (Fsp3) is 0.286. The van der Waals surface area contributed by atoms with Crippen LogP contribution in [0.4, 0.5) is 5.95 Å². The molecule has 0 radical (unpaired) electrons. The molecule has 0 atom stereocenters. The van der Waals surface area contributed by atoms with Gasteiger partial charge in [0, 0.05) is 23.1 Å². The van der Waals surface area contributed by atoms with E-state index in [-0.39, 0.29) is 5.95 Å². The average molecular weight is 289 g/mol. The highest BCUT2D eigenvalue weighted by Gasteiger charge is 2.12. The van der Waals surface area contributed by atoms with Crippen LogP contribution in [0.1, 0.15) is 12.0 Å². The third kappa shape index (κ3) is 2.80. The molecule has 5 nitrogen and oxygen atoms in total. The van der Waals surface area contributed by atoms with Crippen LogP contribution in [0.2, 0.25) is 0 Å². The highest BCUT2D eigenvalue weighted by atomic mass is 32.2. The van der Waals surface area contributed by atoms with E-state index in [9.17, 15) is 0 Å². The van der Waals surface area contributed by atoms with Crippen LogP contribution in [0.25, 0.3) is 0 Å². The summed E-state index contributed by atoms with van der Waals surface area (Å²) in [5.41, 5.74) is 6.63. The lowest BCUT2D eigenvalue weighted by Gasteiger charge is -2.09. The van der Waals surface area contributed by atoms with Crippen molar-refractivity contribution in [1.29, 1.82) is 0 Å². The Bertz CT molecular complexity index is 634. The largest absolute Gasteiger partial charge is 0.490 e. The molecule has 0 bridgehead atoms. The van der Waals surface area contributed by atoms with Crippen molar-refractivity contribution in [2.24, 2.45) is 0 Å². The van der Waals surface area contributed by atoms with Crippen molar-refractivity contribution in [3.05, 3.63) is 30.0 Å². The van der Waals surface area contributed by atoms with Gasteiger partial charge in [0.1, 0.15) is 5.03 Å². The summed E-state index contributed by atoms with van der Waals surface area (Å²) in [6, 6.07) is 5.90. The number of aromatic nitrogens is 2. The lowest BCUT2D eigenvalue weighted by atomic mass is 10.3. The minimum atomic E-state index is 0.285. The number of fused-ring (bicyclic) bond motifs is 1. The smallest absolute Gasteiger partial charge is 0.221 e. The van der Waals surface area contributed by atoms with Crippen LogP contribution in [0.5, 0.6) is 11.5 Å². The second-order valence-corrected chi connectivity index (χ2v) is 5.54. The minimum Gasteiger partial charge on any atom is -0.490 e. The molecule has 104 valence electrons. The van der Waals surface area contributed by atoms with Crippen molar-refractivity contribution in [2.75, 3.05) is 18.9 Å². The normalized spacial score (nSPS) is 13.8. The van der Waals surface area contributed by atoms with Crippen molar-refractivity contribution >= 4 is 17.7 Å². The fourth-order valence-electron chi connectivity index (χ4n) is 1.86. The van der Waals surface area contributed by atoms with Gasteiger partial charge in [-0.3, -0.25) is 0 Å². The molecule has 0 saturated carbocycles. The molecule has 2 aromatic rings. The summed E-state index contributed by atoms with van der Waals surface area (Å²) in [6.45, 7) is 3.34. The molecule has 1 aliphatic rings. The van der Waals surface area contributed by atoms with Crippen LogP contribution in [-0.2, 0) is 0 Å². The van der Waals surface area contributed by atoms with E-state index in [1.165, 1.54) is 0 Å². The summed E-state index contributed by atoms with van der Waals surface area (Å²) in [4.78, 5) is 9.27. The molecule has 1 aliphatic heterocycles. The second-order valence-electron chi connectivity index (χ2n) is 4.48. The van der Waals surface area contributed by atoms with Gasteiger partial charge < -0.3 is 15.2 Å². The van der Waals surface area contributed by atoms with Gasteiger partial charge in [-0.05, 0) is 25.1 Å². The number of hydrogen-bond donors (Lipinski definition) is 1. The Morgan fingerprint density at radius 3 is 2.85 bits per heavy atom. The first-order valence-electron chi connectivity index (χ1n) is 6.39. The number of anilines is 1. The van der Waals surface area contributed by atoms with Crippen molar-refractivity contribution in [1.82, 2.24) is 9.97 Å². The Kier molecular flexibility index (Phi) is 3.64. The van der Waals surface area contributed by atoms with Crippen molar-refractivity contribution in [3.8, 4) is 11.5 Å². The van der Waals surface area contributed by atoms with Crippen LogP contribution < -0.4 is 15.2 Å². The van der Waals surface area contributed by atoms with Gasteiger partial charge in [-0.2, -0.15) is 0 Å². The van der Waals surface area contributed by atoms with Gasteiger partial charge in [0.15, 0.2) is 11.5 Å². The summed E-state index contributed by atoms with van der Waals surface area (Å²) >= 11 is 1.54. The number of nitrogens with two attached hydrogens (primary N) is 1. The Morgan fingerprint density at radius 1 is 1.20 bits per heavy atom. The van der Waals surface area contributed by atoms with E-state index < -0.39 is 0 Å². The number of benzene rings is 1. The molecule has 0 saturated heterocycles. The number of aryl methyl sites for hydroxylation is 1. The van der Waals surface area contributed by atoms with Crippen molar-refractivity contribution < 1.29 is 9.47 Å². The predicted molar refractivity (Wildman–Crippen MR) is 77.4 cm³/mol. The molecule has 6 heteroatoms. The number of rotatable bonds is 2. The van der Waals surface area contributed by atoms with E-state index in [1.807, 2.05) is 25.1 Å². The zero-order valence-electron chi connectivity index (χ0n) is 11.1. The minimum absolute atomic E-state index is 0.285. The highest BCUT2D eigenvalue weighted by molar-refractivity contribution is 7.99. The molecule has 3 rings (SSSR count). The lowest BCUT2D eigenvalue weighted by Crippen LogP contribution is -1.97. The van der Waals surface area contributed by atoms with E-state index in [0.717, 1.165) is 33.4 Å². The van der Waals surface area contributed by atoms with Gasteiger partial charge >= 0.3 is 0 Å². The monoisotopic (exact) mass is 289 g/mol. The summed E-state index contributed by atoms with van der Waals surface area (Å²) in [5.74, 6) is 1.87. The zero-order chi connectivity index (χ0) is 13.9. The number of nitrogen functional groups attached to an aromatic ring is 1. The SMILES string of the molecule is Cc1cnc(N)nc1Sc1ccc2c(c1)OCCCO2. The summed E-state index contributed by atoms with van der Waals surface area (Å²) < 4.78 is 11.3. The van der Waals surface area contributed by atoms with Gasteiger partial charge in [-0.15, -0.1) is 0 Å². The zero-order valence-corrected chi connectivity index (χ0v) is 11.9. The van der Waals surface area contributed by atoms with Gasteiger partial charge in [0.25, 0.3) is 0 Å². The quantitative estimate of drug-likeness (QED) is 0.857. The van der Waals surface area contributed by atoms with Crippen LogP contribution in [0, 0.1) is 6.92 Å². The van der Waals surface area contributed by atoms with Gasteiger partial charge in [0.2, 0.25) is 5.95 Å². The molecule has 20 heavy (non-hydrogen) atoms. The van der Waals surface area contributed by atoms with E-state index in [4.69, 9.17) is 15.2 Å². The van der Waals surface area contributed by atoms with Crippen LogP contribution in [-0.4, -0.2) is 23.2 Å². The molecular weight excluding hydrogens is 274 g/mol. The lowest BCUT2D eigenvalue weighted by molar-refractivity contribution is 0.297. The highest BCUT2D eigenvalue weighted by Crippen LogP contribution is 2.36. The maximum Gasteiger partial charge on any atom is 0.221 e. The van der Waals surface area contributed by atoms with E-state index >= 15 is 0 Å². The fourth-order valence-corrected chi connectivity index (χ4v) is 2.74. The molecule has 1 aromatic carbocycles. The molecule has 0 aliphatic carbocycles. The van der Waals surface area contributed by atoms with E-state index in [0.29, 0.717) is 13.2 Å². The maximum atomic E-state index is 5.68. The van der Waals surface area contributed by atoms with Crippen LogP contribution in [0.3, 0.4) is 0 Å². The van der Waals surface area contributed by atoms with Crippen LogP contribution in [0.15, 0.2) is 34.3 Å². The van der Waals surface area contributed by atoms with E-state index in [2.05, 4.69) is 9.97 Å². The standard InChI is InChI=1S/C14H15N3O2S/c1-9-8-16-14(15)17-13(9)20-10-3-4-11-12(7-10)19-6-2-5-18-11/h3-4,7-8H,2,5-6H2,1H3,(H2,15,16,17). The third-order valence-electron chi connectivity index (χ3n) is 2.88. The van der Waals surface area contributed by atoms with E-state index in [1.54, 1.807) is 18.0 Å². The second kappa shape index (κ2) is 5.58. The van der Waals surface area contributed by atoms with Gasteiger partial charge in [-0.1, -0.05) is 11.8 Å².